The SMILES string of the molecule is COc1ccc(OCCn2c(C(C)NC(=O)c3cccc(OC)c3)nc3ccccc32)cc1. The fraction of sp³-hybridized carbons (Fsp3) is 0.231. The first-order valence-electron chi connectivity index (χ1n) is 10.8. The summed E-state index contributed by atoms with van der Waals surface area (Å²) in [4.78, 5) is 17.6. The van der Waals surface area contributed by atoms with Crippen LogP contribution in [0.1, 0.15) is 29.1 Å². The highest BCUT2D eigenvalue weighted by atomic mass is 16.5. The van der Waals surface area contributed by atoms with Crippen LogP contribution >= 0.6 is 0 Å². The standard InChI is InChI=1S/C26H27N3O4/c1-18(27-26(30)19-7-6-8-22(17-19)32-3)25-28-23-9-4-5-10-24(23)29(25)15-16-33-21-13-11-20(31-2)12-14-21/h4-14,17-18H,15-16H2,1-3H3,(H,27,30). The highest BCUT2D eigenvalue weighted by Crippen LogP contribution is 2.22. The van der Waals surface area contributed by atoms with Crippen molar-refractivity contribution in [2.24, 2.45) is 0 Å². The highest BCUT2D eigenvalue weighted by Gasteiger charge is 2.19. The van der Waals surface area contributed by atoms with Crippen molar-refractivity contribution in [3.8, 4) is 17.2 Å². The number of rotatable bonds is 9. The van der Waals surface area contributed by atoms with E-state index in [9.17, 15) is 4.79 Å². The van der Waals surface area contributed by atoms with Crippen molar-refractivity contribution in [3.05, 3.63) is 84.2 Å². The number of carbonyl (C=O) groups is 1. The molecule has 7 nitrogen and oxygen atoms in total. The quantitative estimate of drug-likeness (QED) is 0.407. The average molecular weight is 446 g/mol. The predicted molar refractivity (Wildman–Crippen MR) is 127 cm³/mol. The van der Waals surface area contributed by atoms with Gasteiger partial charge in [0.25, 0.3) is 5.91 Å². The first-order chi connectivity index (χ1) is 16.1. The van der Waals surface area contributed by atoms with Gasteiger partial charge in [-0.3, -0.25) is 4.79 Å². The van der Waals surface area contributed by atoms with Crippen LogP contribution in [0.4, 0.5) is 0 Å². The van der Waals surface area contributed by atoms with Gasteiger partial charge in [0.05, 0.1) is 37.8 Å². The summed E-state index contributed by atoms with van der Waals surface area (Å²) in [6.45, 7) is 2.97. The number of imidazole rings is 1. The van der Waals surface area contributed by atoms with Gasteiger partial charge in [-0.25, -0.2) is 4.98 Å². The topological polar surface area (TPSA) is 74.6 Å². The molecule has 3 aromatic carbocycles. The van der Waals surface area contributed by atoms with E-state index < -0.39 is 0 Å². The summed E-state index contributed by atoms with van der Waals surface area (Å²) >= 11 is 0. The zero-order valence-electron chi connectivity index (χ0n) is 18.9. The first-order valence-corrected chi connectivity index (χ1v) is 10.8. The molecule has 170 valence electrons. The number of benzene rings is 3. The molecule has 4 rings (SSSR count). The molecule has 1 amide bonds. The molecule has 7 heteroatoms. The number of nitrogens with one attached hydrogen (secondary N) is 1. The summed E-state index contributed by atoms with van der Waals surface area (Å²) in [5.41, 5.74) is 2.40. The molecule has 1 aromatic heterocycles. The normalized spacial score (nSPS) is 11.7. The molecule has 1 heterocycles. The van der Waals surface area contributed by atoms with Crippen molar-refractivity contribution in [1.29, 1.82) is 0 Å². The van der Waals surface area contributed by atoms with Crippen molar-refractivity contribution in [2.45, 2.75) is 19.5 Å². The van der Waals surface area contributed by atoms with Gasteiger partial charge in [0.15, 0.2) is 0 Å². The molecule has 0 radical (unpaired) electrons. The minimum Gasteiger partial charge on any atom is -0.497 e. The third-order valence-electron chi connectivity index (χ3n) is 5.39. The fourth-order valence-electron chi connectivity index (χ4n) is 3.70. The summed E-state index contributed by atoms with van der Waals surface area (Å²) in [6.07, 6.45) is 0. The Kier molecular flexibility index (Phi) is 6.78. The maximum atomic E-state index is 12.8. The number of methoxy groups -OCH3 is 2. The largest absolute Gasteiger partial charge is 0.497 e. The van der Waals surface area contributed by atoms with E-state index in [1.54, 1.807) is 32.4 Å². The Morgan fingerprint density at radius 3 is 2.42 bits per heavy atom. The van der Waals surface area contributed by atoms with E-state index in [2.05, 4.69) is 9.88 Å². The van der Waals surface area contributed by atoms with Gasteiger partial charge < -0.3 is 24.1 Å². The minimum atomic E-state index is -0.308. The zero-order valence-corrected chi connectivity index (χ0v) is 18.9. The second-order valence-electron chi connectivity index (χ2n) is 7.56. The number of carbonyl (C=O) groups excluding carboxylic acids is 1. The summed E-state index contributed by atoms with van der Waals surface area (Å²) in [5.74, 6) is 2.77. The average Bonchev–Trinajstić information content (AvgIpc) is 3.23. The molecule has 33 heavy (non-hydrogen) atoms. The molecule has 1 atom stereocenters. The van der Waals surface area contributed by atoms with E-state index in [0.29, 0.717) is 24.5 Å². The van der Waals surface area contributed by atoms with Crippen LogP contribution in [0, 0.1) is 0 Å². The second-order valence-corrected chi connectivity index (χ2v) is 7.56. The lowest BCUT2D eigenvalue weighted by Gasteiger charge is -2.17. The van der Waals surface area contributed by atoms with Crippen LogP contribution in [-0.4, -0.2) is 36.3 Å². The smallest absolute Gasteiger partial charge is 0.251 e. The van der Waals surface area contributed by atoms with Gasteiger partial charge in [-0.2, -0.15) is 0 Å². The van der Waals surface area contributed by atoms with Gasteiger partial charge in [0.1, 0.15) is 29.7 Å². The van der Waals surface area contributed by atoms with Crippen molar-refractivity contribution in [1.82, 2.24) is 14.9 Å². The molecular formula is C26H27N3O4. The summed E-state index contributed by atoms with van der Waals surface area (Å²) in [7, 11) is 3.21. The number of hydrogen-bond donors (Lipinski definition) is 1. The Morgan fingerprint density at radius 2 is 1.67 bits per heavy atom. The van der Waals surface area contributed by atoms with Gasteiger partial charge in [-0.1, -0.05) is 18.2 Å². The van der Waals surface area contributed by atoms with Gasteiger partial charge >= 0.3 is 0 Å². The number of ether oxygens (including phenoxy) is 3. The summed E-state index contributed by atoms with van der Waals surface area (Å²) in [5, 5.41) is 3.05. The van der Waals surface area contributed by atoms with E-state index in [1.807, 2.05) is 61.5 Å². The number of nitrogens with zero attached hydrogens (tertiary/aromatic N) is 2. The van der Waals surface area contributed by atoms with Gasteiger partial charge in [-0.05, 0) is 61.5 Å². The molecule has 0 fully saturated rings. The van der Waals surface area contributed by atoms with Crippen LogP contribution in [-0.2, 0) is 6.54 Å². The lowest BCUT2D eigenvalue weighted by molar-refractivity contribution is 0.0937. The molecule has 1 unspecified atom stereocenters. The van der Waals surface area contributed by atoms with Crippen molar-refractivity contribution >= 4 is 16.9 Å². The molecular weight excluding hydrogens is 418 g/mol. The number of amides is 1. The number of aromatic nitrogens is 2. The van der Waals surface area contributed by atoms with Crippen molar-refractivity contribution < 1.29 is 19.0 Å². The van der Waals surface area contributed by atoms with E-state index in [4.69, 9.17) is 19.2 Å². The fourth-order valence-corrected chi connectivity index (χ4v) is 3.70. The monoisotopic (exact) mass is 445 g/mol. The summed E-state index contributed by atoms with van der Waals surface area (Å²) in [6, 6.07) is 22.2. The Bertz CT molecular complexity index is 1230. The highest BCUT2D eigenvalue weighted by molar-refractivity contribution is 5.94. The van der Waals surface area contributed by atoms with E-state index in [0.717, 1.165) is 28.4 Å². The number of fused-ring (bicyclic) bond motifs is 1. The van der Waals surface area contributed by atoms with Crippen molar-refractivity contribution in [2.75, 3.05) is 20.8 Å². The number of para-hydroxylation sites is 2. The molecule has 0 aliphatic carbocycles. The molecule has 0 aliphatic heterocycles. The van der Waals surface area contributed by atoms with Gasteiger partial charge in [0.2, 0.25) is 0 Å². The Balaban J connectivity index is 1.51. The Morgan fingerprint density at radius 1 is 0.939 bits per heavy atom. The maximum absolute atomic E-state index is 12.8. The van der Waals surface area contributed by atoms with Crippen LogP contribution in [0.25, 0.3) is 11.0 Å². The maximum Gasteiger partial charge on any atom is 0.251 e. The number of hydrogen-bond acceptors (Lipinski definition) is 5. The van der Waals surface area contributed by atoms with Gasteiger partial charge in [0, 0.05) is 5.56 Å². The van der Waals surface area contributed by atoms with Crippen LogP contribution in [0.5, 0.6) is 17.2 Å². The third kappa shape index (κ3) is 5.09. The first kappa shape index (κ1) is 22.2. The van der Waals surface area contributed by atoms with Gasteiger partial charge in [-0.15, -0.1) is 0 Å². The molecule has 4 aromatic rings. The van der Waals surface area contributed by atoms with Crippen LogP contribution in [0.2, 0.25) is 0 Å². The minimum absolute atomic E-state index is 0.186. The molecule has 0 saturated carbocycles. The van der Waals surface area contributed by atoms with E-state index >= 15 is 0 Å². The van der Waals surface area contributed by atoms with Crippen LogP contribution in [0.3, 0.4) is 0 Å². The second kappa shape index (κ2) is 10.1. The Hall–Kier alpha value is -4.00. The molecule has 0 bridgehead atoms. The lowest BCUT2D eigenvalue weighted by Crippen LogP contribution is -2.29. The third-order valence-corrected chi connectivity index (χ3v) is 5.39. The molecule has 0 aliphatic rings. The van der Waals surface area contributed by atoms with E-state index in [-0.39, 0.29) is 11.9 Å². The molecule has 1 N–H and O–H groups in total. The van der Waals surface area contributed by atoms with Crippen LogP contribution in [0.15, 0.2) is 72.8 Å². The van der Waals surface area contributed by atoms with E-state index in [1.165, 1.54) is 0 Å². The molecule has 0 saturated heterocycles. The Labute approximate surface area is 192 Å². The van der Waals surface area contributed by atoms with Crippen LogP contribution < -0.4 is 19.5 Å². The molecule has 0 spiro atoms. The summed E-state index contributed by atoms with van der Waals surface area (Å²) < 4.78 is 18.4. The zero-order chi connectivity index (χ0) is 23.2. The van der Waals surface area contributed by atoms with Crippen molar-refractivity contribution in [3.63, 3.8) is 0 Å². The lowest BCUT2D eigenvalue weighted by atomic mass is 10.2. The predicted octanol–water partition coefficient (Wildman–Crippen LogP) is 4.62.